The quantitative estimate of drug-likeness (QED) is 0.693. The van der Waals surface area contributed by atoms with E-state index in [0.29, 0.717) is 0 Å². The lowest BCUT2D eigenvalue weighted by Gasteiger charge is -2.46. The Bertz CT molecular complexity index is 230. The smallest absolute Gasteiger partial charge is 0.219 e. The summed E-state index contributed by atoms with van der Waals surface area (Å²) in [6.07, 6.45) is 2.55. The average molecular weight is 211 g/mol. The first-order chi connectivity index (χ1) is 7.20. The highest BCUT2D eigenvalue weighted by Gasteiger charge is 2.34. The van der Waals surface area contributed by atoms with Gasteiger partial charge in [-0.2, -0.15) is 0 Å². The molecule has 0 aromatic carbocycles. The highest BCUT2D eigenvalue weighted by atomic mass is 16.2. The number of carbonyl (C=O) groups is 1. The zero-order valence-electron chi connectivity index (χ0n) is 9.70. The Kier molecular flexibility index (Phi) is 3.26. The molecule has 4 nitrogen and oxygen atoms in total. The van der Waals surface area contributed by atoms with Crippen LogP contribution in [-0.2, 0) is 4.79 Å². The van der Waals surface area contributed by atoms with Crippen LogP contribution < -0.4 is 5.32 Å². The van der Waals surface area contributed by atoms with E-state index in [1.165, 1.54) is 12.8 Å². The number of amides is 1. The van der Waals surface area contributed by atoms with Crippen molar-refractivity contribution in [2.45, 2.75) is 31.8 Å². The van der Waals surface area contributed by atoms with E-state index in [4.69, 9.17) is 0 Å². The standard InChI is InChI=1S/C11H21N3O/c1-9(15)13-3-5-14(6-4-13)11-7-10(8-11)12-2/h10-12H,3-8H2,1-2H3. The maximum Gasteiger partial charge on any atom is 0.219 e. The lowest BCUT2D eigenvalue weighted by Crippen LogP contribution is -2.57. The minimum Gasteiger partial charge on any atom is -0.340 e. The summed E-state index contributed by atoms with van der Waals surface area (Å²) in [6, 6.07) is 1.48. The van der Waals surface area contributed by atoms with Crippen LogP contribution in [-0.4, -0.2) is 61.0 Å². The lowest BCUT2D eigenvalue weighted by atomic mass is 9.85. The van der Waals surface area contributed by atoms with Crippen LogP contribution >= 0.6 is 0 Å². The molecule has 0 aromatic rings. The second kappa shape index (κ2) is 4.49. The SMILES string of the molecule is CNC1CC(N2CCN(C(C)=O)CC2)C1. The lowest BCUT2D eigenvalue weighted by molar-refractivity contribution is -0.131. The molecule has 2 rings (SSSR count). The van der Waals surface area contributed by atoms with Crippen LogP contribution in [0.2, 0.25) is 0 Å². The van der Waals surface area contributed by atoms with Crippen LogP contribution in [0.1, 0.15) is 19.8 Å². The summed E-state index contributed by atoms with van der Waals surface area (Å²) in [6.45, 7) is 5.60. The maximum absolute atomic E-state index is 11.2. The van der Waals surface area contributed by atoms with Gasteiger partial charge in [-0.1, -0.05) is 0 Å². The molecule has 15 heavy (non-hydrogen) atoms. The zero-order valence-corrected chi connectivity index (χ0v) is 9.70. The third-order valence-electron chi connectivity index (χ3n) is 3.80. The van der Waals surface area contributed by atoms with Gasteiger partial charge in [0.25, 0.3) is 0 Å². The molecule has 4 heteroatoms. The molecule has 0 bridgehead atoms. The van der Waals surface area contributed by atoms with Crippen molar-refractivity contribution in [1.82, 2.24) is 15.1 Å². The van der Waals surface area contributed by atoms with Crippen molar-refractivity contribution in [3.05, 3.63) is 0 Å². The topological polar surface area (TPSA) is 35.6 Å². The normalized spacial score (nSPS) is 32.5. The number of rotatable bonds is 2. The third kappa shape index (κ3) is 2.32. The Morgan fingerprint density at radius 3 is 2.27 bits per heavy atom. The summed E-state index contributed by atoms with van der Waals surface area (Å²) in [5.74, 6) is 0.219. The second-order valence-electron chi connectivity index (χ2n) is 4.65. The van der Waals surface area contributed by atoms with E-state index in [9.17, 15) is 4.79 Å². The summed E-state index contributed by atoms with van der Waals surface area (Å²) in [4.78, 5) is 15.6. The van der Waals surface area contributed by atoms with Crippen LogP contribution in [0.15, 0.2) is 0 Å². The predicted molar refractivity (Wildman–Crippen MR) is 59.7 cm³/mol. The third-order valence-corrected chi connectivity index (χ3v) is 3.80. The average Bonchev–Trinajstić information content (AvgIpc) is 2.17. The highest BCUT2D eigenvalue weighted by Crippen LogP contribution is 2.26. The molecule has 0 unspecified atom stereocenters. The van der Waals surface area contributed by atoms with E-state index in [2.05, 4.69) is 10.2 Å². The molecule has 1 aliphatic heterocycles. The van der Waals surface area contributed by atoms with Gasteiger partial charge in [-0.25, -0.2) is 0 Å². The summed E-state index contributed by atoms with van der Waals surface area (Å²) in [7, 11) is 2.04. The van der Waals surface area contributed by atoms with Gasteiger partial charge in [0, 0.05) is 45.2 Å². The molecular weight excluding hydrogens is 190 g/mol. The number of piperazine rings is 1. The summed E-state index contributed by atoms with van der Waals surface area (Å²) >= 11 is 0. The van der Waals surface area contributed by atoms with Crippen molar-refractivity contribution in [3.8, 4) is 0 Å². The molecule has 1 amide bonds. The van der Waals surface area contributed by atoms with Gasteiger partial charge in [-0.3, -0.25) is 9.69 Å². The van der Waals surface area contributed by atoms with Gasteiger partial charge in [0.2, 0.25) is 5.91 Å². The fraction of sp³-hybridized carbons (Fsp3) is 0.909. The fourth-order valence-corrected chi connectivity index (χ4v) is 2.52. The Morgan fingerprint density at radius 1 is 1.20 bits per heavy atom. The number of nitrogens with zero attached hydrogens (tertiary/aromatic N) is 2. The van der Waals surface area contributed by atoms with Crippen LogP contribution in [0.5, 0.6) is 0 Å². The maximum atomic E-state index is 11.2. The Balaban J connectivity index is 1.73. The first-order valence-corrected chi connectivity index (χ1v) is 5.87. The molecular formula is C11H21N3O. The Hall–Kier alpha value is -0.610. The van der Waals surface area contributed by atoms with E-state index < -0.39 is 0 Å². The van der Waals surface area contributed by atoms with Crippen LogP contribution in [0.3, 0.4) is 0 Å². The van der Waals surface area contributed by atoms with Crippen molar-refractivity contribution in [2.75, 3.05) is 33.2 Å². The van der Waals surface area contributed by atoms with E-state index in [-0.39, 0.29) is 5.91 Å². The second-order valence-corrected chi connectivity index (χ2v) is 4.65. The molecule has 2 aliphatic rings. The molecule has 1 saturated carbocycles. The highest BCUT2D eigenvalue weighted by molar-refractivity contribution is 5.73. The van der Waals surface area contributed by atoms with E-state index in [1.807, 2.05) is 11.9 Å². The molecule has 1 saturated heterocycles. The van der Waals surface area contributed by atoms with Crippen LogP contribution in [0.4, 0.5) is 0 Å². The molecule has 1 aliphatic carbocycles. The van der Waals surface area contributed by atoms with E-state index in [0.717, 1.165) is 38.3 Å². The van der Waals surface area contributed by atoms with E-state index in [1.54, 1.807) is 6.92 Å². The van der Waals surface area contributed by atoms with Gasteiger partial charge in [0.15, 0.2) is 0 Å². The van der Waals surface area contributed by atoms with Gasteiger partial charge >= 0.3 is 0 Å². The number of hydrogen-bond acceptors (Lipinski definition) is 3. The summed E-state index contributed by atoms with van der Waals surface area (Å²) in [5, 5.41) is 3.31. The molecule has 0 atom stereocenters. The largest absolute Gasteiger partial charge is 0.340 e. The number of hydrogen-bond donors (Lipinski definition) is 1. The van der Waals surface area contributed by atoms with Crippen LogP contribution in [0.25, 0.3) is 0 Å². The molecule has 2 fully saturated rings. The molecule has 0 radical (unpaired) electrons. The molecule has 1 heterocycles. The van der Waals surface area contributed by atoms with Gasteiger partial charge in [0.05, 0.1) is 0 Å². The first-order valence-electron chi connectivity index (χ1n) is 5.87. The van der Waals surface area contributed by atoms with Gasteiger partial charge in [0.1, 0.15) is 0 Å². The van der Waals surface area contributed by atoms with Crippen LogP contribution in [0, 0.1) is 0 Å². The van der Waals surface area contributed by atoms with Crippen molar-refractivity contribution in [1.29, 1.82) is 0 Å². The minimum atomic E-state index is 0.219. The number of carbonyl (C=O) groups excluding carboxylic acids is 1. The zero-order chi connectivity index (χ0) is 10.8. The monoisotopic (exact) mass is 211 g/mol. The minimum absolute atomic E-state index is 0.219. The van der Waals surface area contributed by atoms with Crippen molar-refractivity contribution in [3.63, 3.8) is 0 Å². The van der Waals surface area contributed by atoms with Gasteiger partial charge < -0.3 is 10.2 Å². The van der Waals surface area contributed by atoms with Crippen molar-refractivity contribution < 1.29 is 4.79 Å². The summed E-state index contributed by atoms with van der Waals surface area (Å²) in [5.41, 5.74) is 0. The number of nitrogens with one attached hydrogen (secondary N) is 1. The van der Waals surface area contributed by atoms with Crippen molar-refractivity contribution >= 4 is 5.91 Å². The van der Waals surface area contributed by atoms with Gasteiger partial charge in [-0.05, 0) is 19.9 Å². The molecule has 1 N–H and O–H groups in total. The Labute approximate surface area is 91.6 Å². The predicted octanol–water partition coefficient (Wildman–Crippen LogP) is -0.0991. The fourth-order valence-electron chi connectivity index (χ4n) is 2.52. The van der Waals surface area contributed by atoms with Crippen molar-refractivity contribution in [2.24, 2.45) is 0 Å². The molecule has 0 spiro atoms. The Morgan fingerprint density at radius 2 is 1.80 bits per heavy atom. The van der Waals surface area contributed by atoms with Gasteiger partial charge in [-0.15, -0.1) is 0 Å². The molecule has 86 valence electrons. The summed E-state index contributed by atoms with van der Waals surface area (Å²) < 4.78 is 0. The molecule has 0 aromatic heterocycles. The van der Waals surface area contributed by atoms with E-state index >= 15 is 0 Å². The first kappa shape index (κ1) is 10.9.